The molecule has 2 N–H and O–H groups in total. The van der Waals surface area contributed by atoms with Gasteiger partial charge in [-0.05, 0) is 61.6 Å². The number of anilines is 1. The number of halogens is 3. The van der Waals surface area contributed by atoms with Crippen LogP contribution in [0.2, 0.25) is 0 Å². The molecule has 0 spiro atoms. The fourth-order valence-corrected chi connectivity index (χ4v) is 5.10. The largest absolute Gasteiger partial charge is 0.481 e. The van der Waals surface area contributed by atoms with E-state index < -0.39 is 29.9 Å². The van der Waals surface area contributed by atoms with Crippen molar-refractivity contribution in [1.29, 1.82) is 0 Å². The molecule has 0 saturated heterocycles. The van der Waals surface area contributed by atoms with Gasteiger partial charge in [-0.1, -0.05) is 37.5 Å². The molecule has 190 valence electrons. The first kappa shape index (κ1) is 26.5. The Kier molecular flexibility index (Phi) is 8.07. The maximum absolute atomic E-state index is 13.2. The molecule has 0 aromatic heterocycles. The van der Waals surface area contributed by atoms with Crippen LogP contribution in [0.15, 0.2) is 24.3 Å². The van der Waals surface area contributed by atoms with E-state index in [2.05, 4.69) is 6.58 Å². The highest BCUT2D eigenvalue weighted by Gasteiger charge is 2.41. The number of hydrogen-bond donors (Lipinski definition) is 2. The van der Waals surface area contributed by atoms with Crippen LogP contribution < -0.4 is 5.32 Å². The molecule has 1 aromatic rings. The summed E-state index contributed by atoms with van der Waals surface area (Å²) in [5, 5.41) is 11.5. The monoisotopic (exact) mass is 493 g/mol. The first-order valence-corrected chi connectivity index (χ1v) is 11.7. The summed E-state index contributed by atoms with van der Waals surface area (Å²) in [6.45, 7) is 7.10. The first-order chi connectivity index (χ1) is 16.5. The Labute approximate surface area is 202 Å². The van der Waals surface area contributed by atoms with Crippen molar-refractivity contribution in [3.8, 4) is 0 Å². The topological polar surface area (TPSA) is 92.7 Å². The van der Waals surface area contributed by atoms with Crippen LogP contribution in [0, 0.1) is 18.8 Å². The van der Waals surface area contributed by atoms with Gasteiger partial charge in [-0.3, -0.25) is 9.59 Å². The van der Waals surface area contributed by atoms with Crippen molar-refractivity contribution in [2.24, 2.45) is 11.8 Å². The van der Waals surface area contributed by atoms with Crippen LogP contribution in [0.4, 0.5) is 18.9 Å². The van der Waals surface area contributed by atoms with Gasteiger partial charge in [-0.15, -0.1) is 6.58 Å². The molecular weight excluding hydrogens is 463 g/mol. The molecule has 1 saturated carbocycles. The number of hydrogen-bond acceptors (Lipinski definition) is 4. The number of alkyl halides is 3. The van der Waals surface area contributed by atoms with Crippen molar-refractivity contribution >= 4 is 23.5 Å². The zero-order chi connectivity index (χ0) is 25.9. The minimum Gasteiger partial charge on any atom is -0.481 e. The second kappa shape index (κ2) is 10.7. The average Bonchev–Trinajstić information content (AvgIpc) is 3.02. The summed E-state index contributed by atoms with van der Waals surface area (Å²) in [6, 6.07) is 0. The smallest absolute Gasteiger partial charge is 0.471 e. The predicted molar refractivity (Wildman–Crippen MR) is 124 cm³/mol. The molecule has 1 fully saturated rings. The summed E-state index contributed by atoms with van der Waals surface area (Å²) in [5.41, 5.74) is 2.90. The molecule has 2 unspecified atom stereocenters. The second-order valence-corrected chi connectivity index (χ2v) is 9.15. The summed E-state index contributed by atoms with van der Waals surface area (Å²) in [5.74, 6) is -4.65. The number of ether oxygens (including phenoxy) is 1. The summed E-state index contributed by atoms with van der Waals surface area (Å²) < 4.78 is 44.6. The summed E-state index contributed by atoms with van der Waals surface area (Å²) in [4.78, 5) is 36.1. The molecule has 0 radical (unpaired) electrons. The number of allylic oxidation sites excluding steroid dienone is 3. The molecule has 35 heavy (non-hydrogen) atoms. The predicted octanol–water partition coefficient (Wildman–Crippen LogP) is 5.66. The number of benzene rings is 1. The number of carbonyl (C=O) groups is 3. The van der Waals surface area contributed by atoms with Crippen LogP contribution in [-0.2, 0) is 33.8 Å². The Morgan fingerprint density at radius 1 is 1.23 bits per heavy atom. The van der Waals surface area contributed by atoms with E-state index in [-0.39, 0.29) is 30.2 Å². The zero-order valence-electron chi connectivity index (χ0n) is 19.9. The third-order valence-corrected chi connectivity index (χ3v) is 7.04. The van der Waals surface area contributed by atoms with Gasteiger partial charge in [0.25, 0.3) is 0 Å². The number of esters is 1. The molecule has 1 heterocycles. The maximum Gasteiger partial charge on any atom is 0.471 e. The van der Waals surface area contributed by atoms with Crippen LogP contribution in [0.1, 0.15) is 71.6 Å². The van der Waals surface area contributed by atoms with Gasteiger partial charge in [0.05, 0.1) is 17.2 Å². The van der Waals surface area contributed by atoms with E-state index in [0.717, 1.165) is 24.8 Å². The Bertz CT molecular complexity index is 1070. The summed E-state index contributed by atoms with van der Waals surface area (Å²) in [6.07, 6.45) is 2.95. The lowest BCUT2D eigenvalue weighted by Gasteiger charge is -2.24. The van der Waals surface area contributed by atoms with E-state index in [1.165, 1.54) is 0 Å². The average molecular weight is 494 g/mol. The molecular formula is C26H30F3NO5. The van der Waals surface area contributed by atoms with Gasteiger partial charge in [-0.2, -0.15) is 13.2 Å². The van der Waals surface area contributed by atoms with Crippen LogP contribution in [-0.4, -0.2) is 29.1 Å². The van der Waals surface area contributed by atoms with Gasteiger partial charge in [0.2, 0.25) is 0 Å². The molecule has 2 aliphatic rings. The van der Waals surface area contributed by atoms with E-state index in [1.807, 2.05) is 11.4 Å². The number of amides is 1. The Morgan fingerprint density at radius 3 is 2.57 bits per heavy atom. The number of fused-ring (bicyclic) bond motifs is 1. The van der Waals surface area contributed by atoms with Gasteiger partial charge in [0.1, 0.15) is 6.61 Å². The van der Waals surface area contributed by atoms with Crippen molar-refractivity contribution in [3.63, 3.8) is 0 Å². The molecule has 1 aromatic carbocycles. The molecule has 0 bridgehead atoms. The van der Waals surface area contributed by atoms with Crippen molar-refractivity contribution < 1.29 is 37.4 Å². The number of carbonyl (C=O) groups excluding carboxylic acids is 2. The summed E-state index contributed by atoms with van der Waals surface area (Å²) >= 11 is 0. The molecule has 1 aliphatic carbocycles. The van der Waals surface area contributed by atoms with Crippen LogP contribution in [0.5, 0.6) is 0 Å². The lowest BCUT2D eigenvalue weighted by molar-refractivity contribution is -0.167. The van der Waals surface area contributed by atoms with E-state index in [9.17, 15) is 32.7 Å². The summed E-state index contributed by atoms with van der Waals surface area (Å²) in [7, 11) is 0. The van der Waals surface area contributed by atoms with E-state index in [1.54, 1.807) is 19.9 Å². The van der Waals surface area contributed by atoms with Gasteiger partial charge in [0, 0.05) is 5.56 Å². The number of rotatable bonds is 7. The van der Waals surface area contributed by atoms with Gasteiger partial charge >= 0.3 is 24.0 Å². The lowest BCUT2D eigenvalue weighted by atomic mass is 9.82. The molecule has 2 atom stereocenters. The van der Waals surface area contributed by atoms with Crippen LogP contribution in [0.3, 0.4) is 0 Å². The minimum atomic E-state index is -5.14. The fraction of sp³-hybridized carbons (Fsp3) is 0.500. The highest BCUT2D eigenvalue weighted by molar-refractivity contribution is 6.06. The lowest BCUT2D eigenvalue weighted by Crippen LogP contribution is -2.31. The van der Waals surface area contributed by atoms with Gasteiger partial charge in [-0.25, -0.2) is 4.79 Å². The Morgan fingerprint density at radius 2 is 1.94 bits per heavy atom. The highest BCUT2D eigenvalue weighted by Crippen LogP contribution is 2.40. The normalized spacial score (nSPS) is 20.1. The first-order valence-electron chi connectivity index (χ1n) is 11.7. The van der Waals surface area contributed by atoms with Gasteiger partial charge in [0.15, 0.2) is 0 Å². The molecule has 1 aliphatic heterocycles. The number of cyclic esters (lactones) is 1. The van der Waals surface area contributed by atoms with E-state index in [4.69, 9.17) is 4.74 Å². The van der Waals surface area contributed by atoms with Crippen molar-refractivity contribution in [3.05, 3.63) is 52.1 Å². The van der Waals surface area contributed by atoms with E-state index >= 15 is 0 Å². The third kappa shape index (κ3) is 5.60. The molecule has 9 heteroatoms. The van der Waals surface area contributed by atoms with Crippen LogP contribution >= 0.6 is 0 Å². The minimum absolute atomic E-state index is 0.0577. The molecule has 6 nitrogen and oxygen atoms in total. The zero-order valence-corrected chi connectivity index (χ0v) is 19.9. The quantitative estimate of drug-likeness (QED) is 0.290. The molecule has 1 amide bonds. The number of carboxylic acid groups (broad SMARTS) is 1. The second-order valence-electron chi connectivity index (χ2n) is 9.15. The van der Waals surface area contributed by atoms with Gasteiger partial charge < -0.3 is 15.2 Å². The fourth-order valence-electron chi connectivity index (χ4n) is 5.10. The highest BCUT2D eigenvalue weighted by atomic mass is 19.4. The number of aliphatic carboxylic acids is 1. The standard InChI is InChI=1S/C26H30F3NO5/c1-4-8-18-14(2)20-13-35-24(33)21(20)22(30-25(34)26(27,28)29)19(18)12-11-16-9-6-5-7-10-17(16)15(3)23(31)32/h4,11,15,17H,1,5-10,12-13H2,2-3H3,(H,30,34)(H,31,32)/b16-11+. The Balaban J connectivity index is 2.16. The van der Waals surface area contributed by atoms with E-state index in [0.29, 0.717) is 41.5 Å². The number of carboxylic acids is 1. The van der Waals surface area contributed by atoms with Crippen LogP contribution in [0.25, 0.3) is 0 Å². The SMILES string of the molecule is C=CCc1c(C)c2c(c(NC(=O)C(F)(F)F)c1C/C=C1\CCCCCC1C(C)C(=O)O)C(=O)OC2. The van der Waals surface area contributed by atoms with Crippen molar-refractivity contribution in [2.75, 3.05) is 5.32 Å². The molecule has 3 rings (SSSR count). The maximum atomic E-state index is 13.2. The van der Waals surface area contributed by atoms with Crippen molar-refractivity contribution in [2.45, 2.75) is 71.6 Å². The Hall–Kier alpha value is -3.10. The number of nitrogens with one attached hydrogen (secondary N) is 1. The third-order valence-electron chi connectivity index (χ3n) is 7.04. The van der Waals surface area contributed by atoms with Crippen molar-refractivity contribution in [1.82, 2.24) is 0 Å².